The Morgan fingerprint density at radius 2 is 1.94 bits per heavy atom. The highest BCUT2D eigenvalue weighted by molar-refractivity contribution is 6.56. The van der Waals surface area contributed by atoms with E-state index in [0.717, 1.165) is 42.4 Å². The van der Waals surface area contributed by atoms with Crippen LogP contribution in [0.3, 0.4) is 0 Å². The summed E-state index contributed by atoms with van der Waals surface area (Å²) < 4.78 is 6.87. The van der Waals surface area contributed by atoms with Gasteiger partial charge in [0.1, 0.15) is 6.26 Å². The van der Waals surface area contributed by atoms with Gasteiger partial charge in [-0.2, -0.15) is 5.10 Å². The van der Waals surface area contributed by atoms with Crippen molar-refractivity contribution in [3.05, 3.63) is 54.6 Å². The molecule has 0 saturated carbocycles. The fraction of sp³-hybridized carbons (Fsp3) is 0.318. The van der Waals surface area contributed by atoms with Gasteiger partial charge in [0.2, 0.25) is 5.95 Å². The number of rotatable bonds is 5. The van der Waals surface area contributed by atoms with Crippen LogP contribution in [0.25, 0.3) is 22.0 Å². The molecule has 0 unspecified atom stereocenters. The first-order chi connectivity index (χ1) is 16.3. The van der Waals surface area contributed by atoms with Crippen molar-refractivity contribution in [1.82, 2.24) is 29.6 Å². The van der Waals surface area contributed by atoms with Gasteiger partial charge in [0.05, 0.1) is 35.3 Å². The van der Waals surface area contributed by atoms with Crippen LogP contribution in [0.5, 0.6) is 0 Å². The number of aromatic nitrogens is 5. The molecule has 12 heteroatoms. The Bertz CT molecular complexity index is 1340. The number of fused-ring (bicyclic) bond motifs is 1. The molecule has 164 valence electrons. The minimum atomic E-state index is -1.59. The molecule has 6 radical (unpaired) electrons. The molecule has 1 aliphatic heterocycles. The number of benzene rings is 1. The van der Waals surface area contributed by atoms with Gasteiger partial charge in [-0.15, -0.1) is 0 Å². The maximum atomic E-state index is 12.7. The normalized spacial score (nSPS) is 15.6. The molecular formula is C22H20B3N7O2. The van der Waals surface area contributed by atoms with E-state index in [2.05, 4.69) is 37.3 Å². The summed E-state index contributed by atoms with van der Waals surface area (Å²) >= 11 is 0. The van der Waals surface area contributed by atoms with Crippen LogP contribution in [0.2, 0.25) is 0 Å². The van der Waals surface area contributed by atoms with E-state index in [1.54, 1.807) is 18.6 Å². The van der Waals surface area contributed by atoms with Gasteiger partial charge in [-0.25, -0.2) is 15.0 Å². The topological polar surface area (TPSA) is 102 Å². The van der Waals surface area contributed by atoms with Gasteiger partial charge >= 0.3 is 0 Å². The van der Waals surface area contributed by atoms with Crippen molar-refractivity contribution < 1.29 is 9.21 Å². The molecule has 1 aliphatic rings. The van der Waals surface area contributed by atoms with Crippen LogP contribution in [0.4, 0.5) is 5.95 Å². The molecule has 4 heterocycles. The molecule has 4 aromatic rings. The zero-order valence-electron chi connectivity index (χ0n) is 18.7. The monoisotopic (exact) mass is 447 g/mol. The second kappa shape index (κ2) is 8.75. The second-order valence-corrected chi connectivity index (χ2v) is 8.63. The fourth-order valence-corrected chi connectivity index (χ4v) is 3.95. The number of hydrogen-bond acceptors (Lipinski definition) is 7. The lowest BCUT2D eigenvalue weighted by atomic mass is 9.49. The lowest BCUT2D eigenvalue weighted by molar-refractivity contribution is 0.102. The third kappa shape index (κ3) is 4.63. The van der Waals surface area contributed by atoms with Gasteiger partial charge in [0, 0.05) is 29.3 Å². The molecule has 5 rings (SSSR count). The van der Waals surface area contributed by atoms with E-state index >= 15 is 0 Å². The lowest BCUT2D eigenvalue weighted by Gasteiger charge is -2.26. The third-order valence-electron chi connectivity index (χ3n) is 5.94. The summed E-state index contributed by atoms with van der Waals surface area (Å²) in [6.07, 6.45) is 8.19. The van der Waals surface area contributed by atoms with Crippen LogP contribution in [-0.2, 0) is 5.24 Å². The summed E-state index contributed by atoms with van der Waals surface area (Å²) in [6, 6.07) is 5.63. The Labute approximate surface area is 200 Å². The van der Waals surface area contributed by atoms with Gasteiger partial charge in [-0.05, 0) is 49.8 Å². The molecule has 1 amide bonds. The highest BCUT2D eigenvalue weighted by Crippen LogP contribution is 2.27. The fourth-order valence-electron chi connectivity index (χ4n) is 3.95. The molecule has 1 N–H and O–H groups in total. The minimum Gasteiger partial charge on any atom is -0.448 e. The molecule has 1 saturated heterocycles. The van der Waals surface area contributed by atoms with Crippen molar-refractivity contribution >= 4 is 46.3 Å². The molecule has 3 aromatic heterocycles. The van der Waals surface area contributed by atoms with E-state index in [0.29, 0.717) is 11.4 Å². The first-order valence-electron chi connectivity index (χ1n) is 10.9. The summed E-state index contributed by atoms with van der Waals surface area (Å²) in [5.41, 5.74) is 2.44. The predicted molar refractivity (Wildman–Crippen MR) is 130 cm³/mol. The quantitative estimate of drug-likeness (QED) is 0.465. The standard InChI is InChI=1S/C22H20B3N7O2/c1-31-6-4-13(5-7-31)20-28-18(12-34-20)19(33)30-21-26-9-15-3-2-14(8-17(15)29-21)16-10-27-32(11-16)22(23,24)25/h2-3,8-13H,4-7H2,1H3,(H,26,29,30,33). The van der Waals surface area contributed by atoms with Gasteiger partial charge in [-0.1, -0.05) is 12.1 Å². The summed E-state index contributed by atoms with van der Waals surface area (Å²) in [4.78, 5) is 28.1. The number of carbonyl (C=O) groups excluding carboxylic acids is 1. The van der Waals surface area contributed by atoms with Crippen LogP contribution < -0.4 is 5.32 Å². The second-order valence-electron chi connectivity index (χ2n) is 8.63. The van der Waals surface area contributed by atoms with Crippen LogP contribution >= 0.6 is 0 Å². The van der Waals surface area contributed by atoms with E-state index in [1.165, 1.54) is 10.9 Å². The SMILES string of the molecule is [B]C([B])([B])n1cc(-c2ccc3cnc(NC(=O)c4coc(C5CCN(C)CC5)n4)nc3c2)cn1. The van der Waals surface area contributed by atoms with Crippen LogP contribution in [-0.4, -0.2) is 79.2 Å². The number of nitrogens with one attached hydrogen (secondary N) is 1. The first kappa shape index (κ1) is 22.4. The summed E-state index contributed by atoms with van der Waals surface area (Å²) in [5.74, 6) is 0.559. The van der Waals surface area contributed by atoms with Gasteiger partial charge in [-0.3, -0.25) is 14.8 Å². The molecule has 1 aromatic carbocycles. The van der Waals surface area contributed by atoms with E-state index < -0.39 is 11.1 Å². The summed E-state index contributed by atoms with van der Waals surface area (Å²) in [7, 11) is 19.1. The Morgan fingerprint density at radius 1 is 1.15 bits per heavy atom. The zero-order chi connectivity index (χ0) is 23.9. The van der Waals surface area contributed by atoms with Gasteiger partial charge < -0.3 is 9.32 Å². The van der Waals surface area contributed by atoms with E-state index in [4.69, 9.17) is 28.0 Å². The Balaban J connectivity index is 1.33. The predicted octanol–water partition coefficient (Wildman–Crippen LogP) is 1.62. The minimum absolute atomic E-state index is 0.166. The summed E-state index contributed by atoms with van der Waals surface area (Å²) in [5, 5.41) is 6.02. The van der Waals surface area contributed by atoms with Gasteiger partial charge in [0.15, 0.2) is 11.6 Å². The Hall–Kier alpha value is -3.40. The van der Waals surface area contributed by atoms with Crippen molar-refractivity contribution in [2.45, 2.75) is 24.0 Å². The smallest absolute Gasteiger partial charge is 0.279 e. The Kier molecular flexibility index (Phi) is 5.77. The number of nitrogens with zero attached hydrogens (tertiary/aromatic N) is 6. The highest BCUT2D eigenvalue weighted by Gasteiger charge is 2.24. The van der Waals surface area contributed by atoms with E-state index in [-0.39, 0.29) is 17.6 Å². The largest absolute Gasteiger partial charge is 0.448 e. The Morgan fingerprint density at radius 3 is 2.68 bits per heavy atom. The molecule has 0 aliphatic carbocycles. The number of likely N-dealkylation sites (tertiary alicyclic amines) is 1. The van der Waals surface area contributed by atoms with Crippen LogP contribution in [0, 0.1) is 0 Å². The van der Waals surface area contributed by atoms with Crippen molar-refractivity contribution in [3.8, 4) is 11.1 Å². The van der Waals surface area contributed by atoms with Crippen molar-refractivity contribution in [2.24, 2.45) is 0 Å². The number of anilines is 1. The number of oxazole rings is 1. The summed E-state index contributed by atoms with van der Waals surface area (Å²) in [6.45, 7) is 1.96. The number of carbonyl (C=O) groups is 1. The van der Waals surface area contributed by atoms with Crippen LogP contribution in [0.1, 0.15) is 35.1 Å². The molecule has 0 bridgehead atoms. The molecule has 1 fully saturated rings. The number of hydrogen-bond donors (Lipinski definition) is 1. The van der Waals surface area contributed by atoms with E-state index in [9.17, 15) is 4.79 Å². The lowest BCUT2D eigenvalue weighted by Crippen LogP contribution is -2.35. The average Bonchev–Trinajstić information content (AvgIpc) is 3.49. The maximum Gasteiger partial charge on any atom is 0.279 e. The zero-order valence-corrected chi connectivity index (χ0v) is 18.7. The number of piperidine rings is 1. The molecular weight excluding hydrogens is 427 g/mol. The molecule has 34 heavy (non-hydrogen) atoms. The van der Waals surface area contributed by atoms with E-state index in [1.807, 2.05) is 18.2 Å². The highest BCUT2D eigenvalue weighted by atomic mass is 16.3. The van der Waals surface area contributed by atoms with Crippen molar-refractivity contribution in [3.63, 3.8) is 0 Å². The molecule has 0 atom stereocenters. The molecule has 0 spiro atoms. The maximum absolute atomic E-state index is 12.7. The third-order valence-corrected chi connectivity index (χ3v) is 5.94. The molecule has 9 nitrogen and oxygen atoms in total. The average molecular weight is 447 g/mol. The van der Waals surface area contributed by atoms with Crippen molar-refractivity contribution in [1.29, 1.82) is 0 Å². The van der Waals surface area contributed by atoms with Crippen molar-refractivity contribution in [2.75, 3.05) is 25.5 Å². The number of amides is 1. The first-order valence-corrected chi connectivity index (χ1v) is 10.9. The van der Waals surface area contributed by atoms with Crippen LogP contribution in [0.15, 0.2) is 47.5 Å². The van der Waals surface area contributed by atoms with Gasteiger partial charge in [0.25, 0.3) is 5.91 Å².